The molecule has 1 heterocycles. The van der Waals surface area contributed by atoms with E-state index in [1.807, 2.05) is 12.1 Å². The van der Waals surface area contributed by atoms with Gasteiger partial charge in [-0.15, -0.1) is 0 Å². The summed E-state index contributed by atoms with van der Waals surface area (Å²) < 4.78 is 26.2. The van der Waals surface area contributed by atoms with Crippen molar-refractivity contribution in [3.8, 4) is 0 Å². The van der Waals surface area contributed by atoms with Crippen molar-refractivity contribution in [2.45, 2.75) is 25.3 Å². The van der Waals surface area contributed by atoms with Crippen LogP contribution in [0.15, 0.2) is 65.4 Å². The van der Waals surface area contributed by atoms with E-state index in [0.717, 1.165) is 36.1 Å². The van der Waals surface area contributed by atoms with Crippen LogP contribution >= 0.6 is 0 Å². The quantitative estimate of drug-likeness (QED) is 0.841. The molecule has 4 rings (SSSR count). The third kappa shape index (κ3) is 2.85. The fourth-order valence-electron chi connectivity index (χ4n) is 3.45. The zero-order chi connectivity index (χ0) is 16.5. The maximum Gasteiger partial charge on any atom is 0.123 e. The van der Waals surface area contributed by atoms with Crippen LogP contribution in [0, 0.1) is 11.6 Å². The van der Waals surface area contributed by atoms with E-state index >= 15 is 0 Å². The van der Waals surface area contributed by atoms with Crippen LogP contribution in [0.25, 0.3) is 6.08 Å². The number of nitrogens with one attached hydrogen (secondary N) is 2. The number of allylic oxidation sites excluding steroid dienone is 1. The summed E-state index contributed by atoms with van der Waals surface area (Å²) >= 11 is 0. The van der Waals surface area contributed by atoms with Gasteiger partial charge in [-0.05, 0) is 71.9 Å². The Bertz CT molecular complexity index is 805. The topological polar surface area (TPSA) is 24.1 Å². The van der Waals surface area contributed by atoms with E-state index in [2.05, 4.69) is 16.9 Å². The molecule has 122 valence electrons. The van der Waals surface area contributed by atoms with Gasteiger partial charge in [-0.2, -0.15) is 0 Å². The third-order valence-corrected chi connectivity index (χ3v) is 4.64. The molecule has 0 unspecified atom stereocenters. The van der Waals surface area contributed by atoms with Gasteiger partial charge < -0.3 is 5.43 Å². The molecule has 0 saturated carbocycles. The number of hydrogen-bond acceptors (Lipinski definition) is 2. The highest BCUT2D eigenvalue weighted by atomic mass is 19.1. The largest absolute Gasteiger partial charge is 0.320 e. The van der Waals surface area contributed by atoms with Crippen molar-refractivity contribution in [2.24, 2.45) is 0 Å². The zero-order valence-corrected chi connectivity index (χ0v) is 13.2. The van der Waals surface area contributed by atoms with Crippen molar-refractivity contribution in [1.29, 1.82) is 0 Å². The molecule has 0 saturated heterocycles. The van der Waals surface area contributed by atoms with Gasteiger partial charge in [0.15, 0.2) is 0 Å². The molecule has 0 aromatic heterocycles. The molecule has 1 aliphatic carbocycles. The van der Waals surface area contributed by atoms with Gasteiger partial charge in [0.2, 0.25) is 0 Å². The van der Waals surface area contributed by atoms with Gasteiger partial charge in [0.25, 0.3) is 0 Å². The van der Waals surface area contributed by atoms with Crippen molar-refractivity contribution < 1.29 is 8.78 Å². The van der Waals surface area contributed by atoms with Crippen LogP contribution in [0.1, 0.15) is 36.4 Å². The lowest BCUT2D eigenvalue weighted by Crippen LogP contribution is -2.27. The van der Waals surface area contributed by atoms with Gasteiger partial charge in [-0.3, -0.25) is 0 Å². The Labute approximate surface area is 139 Å². The predicted octanol–water partition coefficient (Wildman–Crippen LogP) is 4.64. The number of halogens is 2. The van der Waals surface area contributed by atoms with E-state index in [4.69, 9.17) is 0 Å². The molecule has 0 spiro atoms. The number of hydrazine groups is 1. The van der Waals surface area contributed by atoms with Gasteiger partial charge in [0, 0.05) is 0 Å². The molecule has 1 aliphatic heterocycles. The summed E-state index contributed by atoms with van der Waals surface area (Å²) in [5.74, 6) is -0.447. The number of rotatable bonds is 2. The number of hydrogen-bond donors (Lipinski definition) is 2. The molecule has 0 radical (unpaired) electrons. The van der Waals surface area contributed by atoms with E-state index in [0.29, 0.717) is 0 Å². The first-order valence-corrected chi connectivity index (χ1v) is 8.17. The van der Waals surface area contributed by atoms with Crippen LogP contribution in [-0.2, 0) is 0 Å². The fraction of sp³-hybridized carbons (Fsp3) is 0.200. The second kappa shape index (κ2) is 6.21. The van der Waals surface area contributed by atoms with Crippen LogP contribution in [0.3, 0.4) is 0 Å². The van der Waals surface area contributed by atoms with E-state index < -0.39 is 0 Å². The molecular weight excluding hydrogens is 306 g/mol. The maximum atomic E-state index is 13.2. The lowest BCUT2D eigenvalue weighted by Gasteiger charge is -2.19. The molecule has 0 fully saturated rings. The van der Waals surface area contributed by atoms with Crippen LogP contribution in [-0.4, -0.2) is 0 Å². The van der Waals surface area contributed by atoms with Gasteiger partial charge in [-0.1, -0.05) is 24.3 Å². The maximum absolute atomic E-state index is 13.2. The summed E-state index contributed by atoms with van der Waals surface area (Å²) in [6.07, 6.45) is 5.18. The van der Waals surface area contributed by atoms with E-state index in [1.165, 1.54) is 35.4 Å². The van der Waals surface area contributed by atoms with Crippen molar-refractivity contribution >= 4 is 6.08 Å². The molecule has 2 aromatic carbocycles. The van der Waals surface area contributed by atoms with Gasteiger partial charge in [0.05, 0.1) is 11.7 Å². The molecule has 2 nitrogen and oxygen atoms in total. The SMILES string of the molecule is Fc1ccc(/C=C2/CCCC3=C2NN[C@@H]3c2ccc(F)cc2)cc1. The van der Waals surface area contributed by atoms with Crippen molar-refractivity contribution in [3.63, 3.8) is 0 Å². The highest BCUT2D eigenvalue weighted by Gasteiger charge is 2.30. The molecule has 0 bridgehead atoms. The van der Waals surface area contributed by atoms with Crippen molar-refractivity contribution in [3.05, 3.63) is 88.1 Å². The normalized spacial score (nSPS) is 21.8. The summed E-state index contributed by atoms with van der Waals surface area (Å²) in [4.78, 5) is 0. The Kier molecular flexibility index (Phi) is 3.90. The van der Waals surface area contributed by atoms with Crippen LogP contribution in [0.4, 0.5) is 8.78 Å². The van der Waals surface area contributed by atoms with E-state index in [-0.39, 0.29) is 17.7 Å². The third-order valence-electron chi connectivity index (χ3n) is 4.64. The van der Waals surface area contributed by atoms with E-state index in [1.54, 1.807) is 12.1 Å². The lowest BCUT2D eigenvalue weighted by atomic mass is 9.86. The zero-order valence-electron chi connectivity index (χ0n) is 13.2. The molecule has 2 aliphatic rings. The molecule has 2 aromatic rings. The van der Waals surface area contributed by atoms with Crippen molar-refractivity contribution in [1.82, 2.24) is 10.9 Å². The van der Waals surface area contributed by atoms with Crippen molar-refractivity contribution in [2.75, 3.05) is 0 Å². The first-order valence-electron chi connectivity index (χ1n) is 8.17. The second-order valence-electron chi connectivity index (χ2n) is 6.23. The van der Waals surface area contributed by atoms with Crippen LogP contribution in [0.5, 0.6) is 0 Å². The number of benzene rings is 2. The smallest absolute Gasteiger partial charge is 0.123 e. The first-order chi connectivity index (χ1) is 11.7. The first kappa shape index (κ1) is 15.1. The lowest BCUT2D eigenvalue weighted by molar-refractivity contribution is 0.580. The summed E-state index contributed by atoms with van der Waals surface area (Å²) in [7, 11) is 0. The van der Waals surface area contributed by atoms with Gasteiger partial charge >= 0.3 is 0 Å². The summed E-state index contributed by atoms with van der Waals surface area (Å²) in [6.45, 7) is 0. The summed E-state index contributed by atoms with van der Waals surface area (Å²) in [6, 6.07) is 13.2. The Morgan fingerprint density at radius 1 is 0.875 bits per heavy atom. The summed E-state index contributed by atoms with van der Waals surface area (Å²) in [5, 5.41) is 0. The second-order valence-corrected chi connectivity index (χ2v) is 6.23. The molecule has 24 heavy (non-hydrogen) atoms. The molecule has 2 N–H and O–H groups in total. The monoisotopic (exact) mass is 324 g/mol. The molecule has 1 atom stereocenters. The van der Waals surface area contributed by atoms with Gasteiger partial charge in [0.1, 0.15) is 11.6 Å². The predicted molar refractivity (Wildman–Crippen MR) is 90.7 cm³/mol. The Morgan fingerprint density at radius 2 is 1.54 bits per heavy atom. The molecule has 4 heteroatoms. The fourth-order valence-corrected chi connectivity index (χ4v) is 3.45. The molecular formula is C20H18F2N2. The Hall–Kier alpha value is -2.46. The minimum absolute atomic E-state index is 0.0671. The highest BCUT2D eigenvalue weighted by Crippen LogP contribution is 2.39. The Morgan fingerprint density at radius 3 is 2.25 bits per heavy atom. The minimum Gasteiger partial charge on any atom is -0.320 e. The molecule has 0 amide bonds. The average Bonchev–Trinajstić information content (AvgIpc) is 3.03. The van der Waals surface area contributed by atoms with Crippen LogP contribution in [0.2, 0.25) is 0 Å². The van der Waals surface area contributed by atoms with Gasteiger partial charge in [-0.25, -0.2) is 14.2 Å². The highest BCUT2D eigenvalue weighted by molar-refractivity contribution is 5.61. The standard InChI is InChI=1S/C20H18F2N2/c21-16-8-4-13(5-9-16)12-15-2-1-3-18-19(23-24-20(15)18)14-6-10-17(22)11-7-14/h4-12,19,23-24H,1-3H2/b15-12-/t19-/m1/s1. The Balaban J connectivity index is 1.67. The summed E-state index contributed by atoms with van der Waals surface area (Å²) in [5.41, 5.74) is 12.3. The van der Waals surface area contributed by atoms with Crippen LogP contribution < -0.4 is 10.9 Å². The van der Waals surface area contributed by atoms with E-state index in [9.17, 15) is 8.78 Å². The average molecular weight is 324 g/mol. The minimum atomic E-state index is -0.224.